The van der Waals surface area contributed by atoms with E-state index in [9.17, 15) is 14.4 Å². The van der Waals surface area contributed by atoms with E-state index < -0.39 is 18.2 Å². The highest BCUT2D eigenvalue weighted by Gasteiger charge is 2.38. The maximum Gasteiger partial charge on any atom is 0.407 e. The van der Waals surface area contributed by atoms with Crippen molar-refractivity contribution in [3.8, 4) is 23.0 Å². The quantitative estimate of drug-likeness (QED) is 0.0532. The lowest BCUT2D eigenvalue weighted by atomic mass is 10.0. The molecular formula is C40H56N8O6S4. The summed E-state index contributed by atoms with van der Waals surface area (Å²) in [7, 11) is 2.67. The first kappa shape index (κ1) is 49.9. The molecule has 316 valence electrons. The largest absolute Gasteiger partial charge is 0.453 e. The number of amides is 3. The minimum absolute atomic E-state index is 0. The number of aromatic nitrogens is 4. The number of H-pyrrole nitrogens is 2. The monoisotopic (exact) mass is 872 g/mol. The topological polar surface area (TPSA) is 167 Å². The Morgan fingerprint density at radius 1 is 0.862 bits per heavy atom. The predicted molar refractivity (Wildman–Crippen MR) is 244 cm³/mol. The van der Waals surface area contributed by atoms with Crippen molar-refractivity contribution in [2.45, 2.75) is 77.5 Å². The van der Waals surface area contributed by atoms with E-state index in [-0.39, 0.29) is 89.7 Å². The van der Waals surface area contributed by atoms with Crippen molar-refractivity contribution in [2.24, 2.45) is 16.8 Å². The van der Waals surface area contributed by atoms with Crippen LogP contribution in [0.5, 0.6) is 0 Å². The molecule has 3 N–H and O–H groups in total. The molecule has 4 aromatic rings. The molecule has 58 heavy (non-hydrogen) atoms. The summed E-state index contributed by atoms with van der Waals surface area (Å²) >= 11 is 0. The third kappa shape index (κ3) is 11.5. The number of carbonyl (C=O) groups is 3. The molecule has 18 heteroatoms. The van der Waals surface area contributed by atoms with Crippen molar-refractivity contribution in [3.05, 3.63) is 71.3 Å². The summed E-state index contributed by atoms with van der Waals surface area (Å²) in [6.07, 6.45) is 3.87. The molecule has 2 aliphatic heterocycles. The highest BCUT2D eigenvalue weighted by atomic mass is 32.1. The summed E-state index contributed by atoms with van der Waals surface area (Å²) in [4.78, 5) is 64.7. The van der Waals surface area contributed by atoms with E-state index in [4.69, 9.17) is 14.6 Å². The number of imidazole rings is 1. The Kier molecular flexibility index (Phi) is 19.6. The van der Waals surface area contributed by atoms with Gasteiger partial charge in [0, 0.05) is 18.7 Å². The Morgan fingerprint density at radius 2 is 1.52 bits per heavy atom. The zero-order valence-electron chi connectivity index (χ0n) is 33.6. The van der Waals surface area contributed by atoms with Crippen LogP contribution in [0.3, 0.4) is 0 Å². The van der Waals surface area contributed by atoms with Crippen LogP contribution in [0.4, 0.5) is 4.79 Å². The van der Waals surface area contributed by atoms with Crippen molar-refractivity contribution in [3.63, 3.8) is 0 Å². The second-order valence-electron chi connectivity index (χ2n) is 14.3. The second kappa shape index (κ2) is 22.8. The van der Waals surface area contributed by atoms with E-state index in [1.807, 2.05) is 75.1 Å². The van der Waals surface area contributed by atoms with Gasteiger partial charge in [-0.15, -0.1) is 0 Å². The van der Waals surface area contributed by atoms with Gasteiger partial charge < -0.3 is 29.7 Å². The standard InChI is InChI=1S/C40H48N8O6.4H2S/c1-24(2)35(41-23-54-53-6)38(49)48-20-8-10-34(48)37-42-30-18-16-28(21-31(30)43-37)27-14-11-26(12-15-27)13-17-29-22-32(46-45-29)33-9-7-19-47(33)39(50)36(25(3)4)44-40(51)52-5;;;;/h11-12,14-16,18,21-25,33-36H,7-10,19-20H2,1-6H3,(H,42,43)(H,44,51)(H,45,46);4*1H2/t33-,34-,35-,36-;;;;/m0..../s1. The Hall–Kier alpha value is -4.28. The molecule has 0 radical (unpaired) electrons. The molecule has 4 atom stereocenters. The molecule has 6 rings (SSSR count). The van der Waals surface area contributed by atoms with Gasteiger partial charge >= 0.3 is 6.09 Å². The number of ether oxygens (including phenoxy) is 1. The van der Waals surface area contributed by atoms with Gasteiger partial charge in [0.15, 0.2) is 0 Å². The van der Waals surface area contributed by atoms with Crippen molar-refractivity contribution in [2.75, 3.05) is 27.3 Å². The lowest BCUT2D eigenvalue weighted by Crippen LogP contribution is -2.51. The number of alkyl carbamates (subject to hydrolysis) is 1. The van der Waals surface area contributed by atoms with Gasteiger partial charge in [0.1, 0.15) is 23.6 Å². The highest BCUT2D eigenvalue weighted by molar-refractivity contribution is 7.59. The van der Waals surface area contributed by atoms with Crippen LogP contribution in [0.2, 0.25) is 0 Å². The lowest BCUT2D eigenvalue weighted by Gasteiger charge is -2.30. The third-order valence-electron chi connectivity index (χ3n) is 10.0. The first-order valence-corrected chi connectivity index (χ1v) is 18.4. The van der Waals surface area contributed by atoms with E-state index in [2.05, 4.69) is 48.3 Å². The summed E-state index contributed by atoms with van der Waals surface area (Å²) in [6, 6.07) is 14.4. The van der Waals surface area contributed by atoms with E-state index >= 15 is 0 Å². The van der Waals surface area contributed by atoms with Crippen molar-refractivity contribution in [1.82, 2.24) is 35.3 Å². The molecule has 2 aromatic carbocycles. The van der Waals surface area contributed by atoms with Crippen LogP contribution in [0.1, 0.15) is 88.2 Å². The van der Waals surface area contributed by atoms with Gasteiger partial charge in [0.05, 0.1) is 43.0 Å². The number of methoxy groups -OCH3 is 1. The van der Waals surface area contributed by atoms with Crippen molar-refractivity contribution >= 4 is 89.3 Å². The van der Waals surface area contributed by atoms with Crippen LogP contribution in [0.25, 0.3) is 22.2 Å². The summed E-state index contributed by atoms with van der Waals surface area (Å²) < 4.78 is 4.74. The third-order valence-corrected chi connectivity index (χ3v) is 10.0. The Labute approximate surface area is 367 Å². The zero-order valence-corrected chi connectivity index (χ0v) is 37.6. The van der Waals surface area contributed by atoms with Crippen LogP contribution < -0.4 is 5.32 Å². The second-order valence-corrected chi connectivity index (χ2v) is 14.3. The number of hydrogen-bond acceptors (Lipinski definition) is 9. The molecule has 14 nitrogen and oxygen atoms in total. The molecule has 3 amide bonds. The van der Waals surface area contributed by atoms with E-state index in [0.29, 0.717) is 18.8 Å². The first-order chi connectivity index (χ1) is 26.1. The lowest BCUT2D eigenvalue weighted by molar-refractivity contribution is -0.188. The highest BCUT2D eigenvalue weighted by Crippen LogP contribution is 2.35. The smallest absolute Gasteiger partial charge is 0.407 e. The predicted octanol–water partition coefficient (Wildman–Crippen LogP) is 6.14. The molecule has 2 aromatic heterocycles. The fraction of sp³-hybridized carbons (Fsp3) is 0.450. The van der Waals surface area contributed by atoms with Crippen molar-refractivity contribution in [1.29, 1.82) is 0 Å². The molecular weight excluding hydrogens is 817 g/mol. The van der Waals surface area contributed by atoms with Crippen LogP contribution in [0.15, 0.2) is 53.5 Å². The molecule has 2 fully saturated rings. The van der Waals surface area contributed by atoms with E-state index in [1.54, 1.807) is 4.90 Å². The van der Waals surface area contributed by atoms with Gasteiger partial charge in [-0.2, -0.15) is 64.0 Å². The Bertz CT molecular complexity index is 2060. The summed E-state index contributed by atoms with van der Waals surface area (Å²) in [6.45, 7) is 8.94. The van der Waals surface area contributed by atoms with Crippen LogP contribution in [0, 0.1) is 23.7 Å². The maximum atomic E-state index is 13.6. The van der Waals surface area contributed by atoms with Crippen LogP contribution in [-0.4, -0.2) is 93.7 Å². The molecule has 0 unspecified atom stereocenters. The fourth-order valence-electron chi connectivity index (χ4n) is 7.18. The number of aliphatic imine (C=N–C) groups is 1. The van der Waals surface area contributed by atoms with Gasteiger partial charge in [-0.25, -0.2) is 14.8 Å². The minimum Gasteiger partial charge on any atom is -0.453 e. The average molecular weight is 873 g/mol. The molecule has 2 saturated heterocycles. The maximum absolute atomic E-state index is 13.6. The van der Waals surface area contributed by atoms with Crippen LogP contribution in [-0.2, 0) is 24.1 Å². The van der Waals surface area contributed by atoms with Gasteiger partial charge in [0.2, 0.25) is 18.2 Å². The summed E-state index contributed by atoms with van der Waals surface area (Å²) in [5, 5.41) is 10.2. The van der Waals surface area contributed by atoms with Crippen LogP contribution >= 0.6 is 54.0 Å². The van der Waals surface area contributed by atoms with Gasteiger partial charge in [-0.3, -0.25) is 14.7 Å². The van der Waals surface area contributed by atoms with E-state index in [0.717, 1.165) is 64.9 Å². The SMILES string of the molecule is COOC=N[C@H](C(=O)N1CCC[C@H]1c1nc2ccc(-c3ccc(C#Cc4cc([C@@H]5CCCN5C(=O)[C@@H](NC(=O)OC)C(C)C)n[nH]4)cc3)cc2[nH]1)C(C)C.S.S.S.S. The average Bonchev–Trinajstić information content (AvgIpc) is 4.00. The molecule has 0 aliphatic carbocycles. The molecule has 0 bridgehead atoms. The molecule has 2 aliphatic rings. The van der Waals surface area contributed by atoms with Crippen molar-refractivity contribution < 1.29 is 28.9 Å². The van der Waals surface area contributed by atoms with E-state index in [1.165, 1.54) is 20.6 Å². The number of benzene rings is 2. The van der Waals surface area contributed by atoms with Gasteiger partial charge in [0.25, 0.3) is 0 Å². The Morgan fingerprint density at radius 3 is 2.16 bits per heavy atom. The molecule has 0 saturated carbocycles. The normalized spacial score (nSPS) is 17.0. The number of nitrogens with one attached hydrogen (secondary N) is 3. The first-order valence-electron chi connectivity index (χ1n) is 18.4. The number of rotatable bonds is 11. The fourth-order valence-corrected chi connectivity index (χ4v) is 7.18. The minimum atomic E-state index is -0.690. The number of aromatic amines is 2. The van der Waals surface area contributed by atoms with Gasteiger partial charge in [-0.05, 0) is 84.9 Å². The number of fused-ring (bicyclic) bond motifs is 1. The molecule has 4 heterocycles. The number of hydrogen-bond donors (Lipinski definition) is 3. The number of carbonyl (C=O) groups excluding carboxylic acids is 3. The molecule has 0 spiro atoms. The van der Waals surface area contributed by atoms with Gasteiger partial charge in [-0.1, -0.05) is 51.8 Å². The summed E-state index contributed by atoms with van der Waals surface area (Å²) in [5.41, 5.74) is 6.03. The zero-order chi connectivity index (χ0) is 38.4. The number of likely N-dealkylation sites (tertiary alicyclic amines) is 2. The number of nitrogens with zero attached hydrogens (tertiary/aromatic N) is 5. The summed E-state index contributed by atoms with van der Waals surface area (Å²) in [5.74, 6) is 6.82. The Balaban J connectivity index is 0.00000290.